The Bertz CT molecular complexity index is 321. The van der Waals surface area contributed by atoms with E-state index >= 15 is 0 Å². The standard InChI is InChI=1S/C6H11N2O5S2/c9-14-5-12-4-2-8(14)6-13-3-1-7-15(6,10)11/h6H,1-5H2. The lowest BCUT2D eigenvalue weighted by molar-refractivity contribution is 0.00694. The highest BCUT2D eigenvalue weighted by atomic mass is 32.2. The third-order valence-electron chi connectivity index (χ3n) is 2.01. The first-order valence-corrected chi connectivity index (χ1v) is 7.16. The maximum Gasteiger partial charge on any atom is 0.273 e. The lowest BCUT2D eigenvalue weighted by Crippen LogP contribution is -2.55. The zero-order chi connectivity index (χ0) is 10.9. The van der Waals surface area contributed by atoms with Crippen molar-refractivity contribution in [2.24, 2.45) is 0 Å². The summed E-state index contributed by atoms with van der Waals surface area (Å²) >= 11 is -1.48. The number of sulfonamides is 1. The molecule has 1 radical (unpaired) electrons. The molecule has 0 aromatic rings. The van der Waals surface area contributed by atoms with Gasteiger partial charge in [0, 0.05) is 0 Å². The van der Waals surface area contributed by atoms with Gasteiger partial charge < -0.3 is 14.0 Å². The third-order valence-corrected chi connectivity index (χ3v) is 4.86. The maximum absolute atomic E-state index is 11.5. The molecule has 2 aliphatic rings. The summed E-state index contributed by atoms with van der Waals surface area (Å²) in [5.41, 5.74) is -1.21. The summed E-state index contributed by atoms with van der Waals surface area (Å²) in [6, 6.07) is 0. The summed E-state index contributed by atoms with van der Waals surface area (Å²) in [6.07, 6.45) is 0. The topological polar surface area (TPSA) is 93.0 Å². The van der Waals surface area contributed by atoms with Gasteiger partial charge in [-0.25, -0.2) is 8.42 Å². The van der Waals surface area contributed by atoms with E-state index in [2.05, 4.69) is 4.72 Å². The molecule has 2 unspecified atom stereocenters. The summed E-state index contributed by atoms with van der Waals surface area (Å²) in [7, 11) is -3.68. The van der Waals surface area contributed by atoms with E-state index in [-0.39, 0.29) is 25.6 Å². The van der Waals surface area contributed by atoms with Gasteiger partial charge in [0.15, 0.2) is 0 Å². The quantitative estimate of drug-likeness (QED) is 0.513. The number of hydrogen-bond donors (Lipinski definition) is 0. The highest BCUT2D eigenvalue weighted by molar-refractivity contribution is 7.92. The molecule has 0 spiro atoms. The summed E-state index contributed by atoms with van der Waals surface area (Å²) in [5, 5.41) is 0. The SMILES string of the molecule is O=S1(=O)[N]CCOC1N1CCOC[S+]1[O-]. The molecule has 2 aliphatic heterocycles. The average molecular weight is 255 g/mol. The minimum atomic E-state index is -3.68. The van der Waals surface area contributed by atoms with Crippen molar-refractivity contribution in [1.82, 2.24) is 9.03 Å². The molecule has 0 aromatic carbocycles. The van der Waals surface area contributed by atoms with Crippen molar-refractivity contribution in [2.45, 2.75) is 5.56 Å². The first-order chi connectivity index (χ1) is 7.11. The van der Waals surface area contributed by atoms with Gasteiger partial charge in [0.2, 0.25) is 5.94 Å². The van der Waals surface area contributed by atoms with Crippen LogP contribution in [0.3, 0.4) is 0 Å². The van der Waals surface area contributed by atoms with E-state index in [0.29, 0.717) is 6.61 Å². The van der Waals surface area contributed by atoms with Crippen molar-refractivity contribution in [1.29, 1.82) is 0 Å². The van der Waals surface area contributed by atoms with Gasteiger partial charge in [-0.15, -0.1) is 4.72 Å². The first-order valence-electron chi connectivity index (χ1n) is 4.38. The number of rotatable bonds is 1. The predicted octanol–water partition coefficient (Wildman–Crippen LogP) is -1.81. The molecule has 15 heavy (non-hydrogen) atoms. The van der Waals surface area contributed by atoms with Crippen LogP contribution in [0.25, 0.3) is 0 Å². The van der Waals surface area contributed by atoms with Gasteiger partial charge in [0.25, 0.3) is 15.6 Å². The monoisotopic (exact) mass is 255 g/mol. The Morgan fingerprint density at radius 3 is 2.93 bits per heavy atom. The number of ether oxygens (including phenoxy) is 2. The third kappa shape index (κ3) is 2.44. The second kappa shape index (κ2) is 4.53. The number of nitrogens with zero attached hydrogens (tertiary/aromatic N) is 2. The Hall–Kier alpha value is 0.1000. The second-order valence-corrected chi connectivity index (χ2v) is 6.07. The van der Waals surface area contributed by atoms with Crippen LogP contribution in [0.1, 0.15) is 0 Å². The van der Waals surface area contributed by atoms with Gasteiger partial charge >= 0.3 is 0 Å². The van der Waals surface area contributed by atoms with Crippen LogP contribution >= 0.6 is 0 Å². The van der Waals surface area contributed by atoms with Crippen molar-refractivity contribution < 1.29 is 22.4 Å². The van der Waals surface area contributed by atoms with Crippen molar-refractivity contribution in [3.63, 3.8) is 0 Å². The summed E-state index contributed by atoms with van der Waals surface area (Å²) in [5.74, 6) is 0.00931. The molecule has 2 rings (SSSR count). The molecular weight excluding hydrogens is 244 g/mol. The molecule has 9 heteroatoms. The highest BCUT2D eigenvalue weighted by Gasteiger charge is 2.43. The van der Waals surface area contributed by atoms with Gasteiger partial charge in [-0.2, -0.15) is 0 Å². The lowest BCUT2D eigenvalue weighted by atomic mass is 10.7. The Kier molecular flexibility index (Phi) is 3.50. The van der Waals surface area contributed by atoms with Crippen molar-refractivity contribution in [2.75, 3.05) is 32.2 Å². The van der Waals surface area contributed by atoms with Gasteiger partial charge in [-0.3, -0.25) is 0 Å². The molecule has 0 aromatic heterocycles. The molecular formula is C6H11N2O5S2. The van der Waals surface area contributed by atoms with Crippen LogP contribution in [0.4, 0.5) is 0 Å². The van der Waals surface area contributed by atoms with Crippen LogP contribution < -0.4 is 4.72 Å². The van der Waals surface area contributed by atoms with Gasteiger partial charge in [-0.05, 0) is 0 Å². The zero-order valence-corrected chi connectivity index (χ0v) is 9.50. The molecule has 2 saturated heterocycles. The van der Waals surface area contributed by atoms with Crippen LogP contribution in [-0.4, -0.2) is 55.1 Å². The predicted molar refractivity (Wildman–Crippen MR) is 51.3 cm³/mol. The Morgan fingerprint density at radius 1 is 1.47 bits per heavy atom. The minimum absolute atomic E-state index is 0.00931. The van der Waals surface area contributed by atoms with Crippen LogP contribution in [0.5, 0.6) is 0 Å². The molecule has 2 fully saturated rings. The van der Waals surface area contributed by atoms with Gasteiger partial charge in [0.1, 0.15) is 0 Å². The van der Waals surface area contributed by atoms with E-state index in [1.54, 1.807) is 0 Å². The minimum Gasteiger partial charge on any atom is -0.596 e. The zero-order valence-electron chi connectivity index (χ0n) is 7.87. The molecule has 87 valence electrons. The fourth-order valence-electron chi connectivity index (χ4n) is 1.36. The largest absolute Gasteiger partial charge is 0.596 e. The Balaban J connectivity index is 2.13. The molecule has 0 aliphatic carbocycles. The first kappa shape index (κ1) is 11.6. The van der Waals surface area contributed by atoms with E-state index in [0.717, 1.165) is 0 Å². The van der Waals surface area contributed by atoms with Crippen LogP contribution in [0.2, 0.25) is 0 Å². The maximum atomic E-state index is 11.5. The smallest absolute Gasteiger partial charge is 0.273 e. The fraction of sp³-hybridized carbons (Fsp3) is 1.00. The average Bonchev–Trinajstić information content (AvgIpc) is 2.19. The molecule has 0 N–H and O–H groups in total. The summed E-state index contributed by atoms with van der Waals surface area (Å²) < 4.78 is 49.3. The molecule has 2 atom stereocenters. The van der Waals surface area contributed by atoms with Gasteiger partial charge in [-0.1, -0.05) is 4.31 Å². The van der Waals surface area contributed by atoms with Crippen molar-refractivity contribution in [3.05, 3.63) is 0 Å². The molecule has 0 saturated carbocycles. The van der Waals surface area contributed by atoms with Crippen molar-refractivity contribution in [3.8, 4) is 0 Å². The fourth-order valence-corrected chi connectivity index (χ4v) is 4.02. The molecule has 7 nitrogen and oxygen atoms in total. The Morgan fingerprint density at radius 2 is 2.27 bits per heavy atom. The van der Waals surface area contributed by atoms with Crippen LogP contribution in [-0.2, 0) is 30.9 Å². The normalized spacial score (nSPS) is 37.7. The van der Waals surface area contributed by atoms with Crippen LogP contribution in [0.15, 0.2) is 0 Å². The van der Waals surface area contributed by atoms with E-state index in [4.69, 9.17) is 9.47 Å². The molecule has 0 amide bonds. The van der Waals surface area contributed by atoms with Crippen LogP contribution in [0, 0.1) is 0 Å². The number of hydrogen-bond acceptors (Lipinski definition) is 6. The lowest BCUT2D eigenvalue weighted by Gasteiger charge is -2.34. The van der Waals surface area contributed by atoms with E-state index in [1.807, 2.05) is 0 Å². The summed E-state index contributed by atoms with van der Waals surface area (Å²) in [4.78, 5) is 0. The van der Waals surface area contributed by atoms with E-state index < -0.39 is 26.9 Å². The highest BCUT2D eigenvalue weighted by Crippen LogP contribution is 2.19. The summed E-state index contributed by atoms with van der Waals surface area (Å²) in [6.45, 7) is 0.988. The van der Waals surface area contributed by atoms with Crippen molar-refractivity contribution >= 4 is 21.4 Å². The van der Waals surface area contributed by atoms with Gasteiger partial charge in [0.05, 0.1) is 37.7 Å². The second-order valence-electron chi connectivity index (χ2n) is 3.03. The van der Waals surface area contributed by atoms with E-state index in [1.165, 1.54) is 4.31 Å². The van der Waals surface area contributed by atoms with E-state index in [9.17, 15) is 13.0 Å². The Labute approximate surface area is 91.1 Å². The molecule has 0 bridgehead atoms. The molecule has 2 heterocycles.